The number of nitrogens with one attached hydrogen (secondary N) is 1. The van der Waals surface area contributed by atoms with Gasteiger partial charge in [-0.25, -0.2) is 13.4 Å². The summed E-state index contributed by atoms with van der Waals surface area (Å²) in [5, 5.41) is 2.68. The molecule has 2 aromatic rings. The minimum absolute atomic E-state index is 0.0343. The Morgan fingerprint density at radius 2 is 1.91 bits per heavy atom. The molecule has 1 N–H and O–H groups in total. The van der Waals surface area contributed by atoms with E-state index in [1.165, 1.54) is 35.8 Å². The summed E-state index contributed by atoms with van der Waals surface area (Å²) in [6.07, 6.45) is 8.71. The number of carbonyl (C=O) groups is 1. The van der Waals surface area contributed by atoms with Gasteiger partial charge in [-0.05, 0) is 37.0 Å². The average molecular weight is 477 g/mol. The summed E-state index contributed by atoms with van der Waals surface area (Å²) in [5.74, 6) is 0.743. The second-order valence-electron chi connectivity index (χ2n) is 8.13. The highest BCUT2D eigenvalue weighted by atomic mass is 32.2. The molecule has 2 heterocycles. The highest BCUT2D eigenvalue weighted by molar-refractivity contribution is 7.89. The van der Waals surface area contributed by atoms with Crippen LogP contribution in [0, 0.1) is 5.92 Å². The van der Waals surface area contributed by atoms with Gasteiger partial charge in [0.15, 0.2) is 11.6 Å². The molecule has 1 fully saturated rings. The van der Waals surface area contributed by atoms with Gasteiger partial charge in [-0.2, -0.15) is 4.31 Å². The zero-order valence-corrected chi connectivity index (χ0v) is 20.0. The second-order valence-corrected chi connectivity index (χ2v) is 10.1. The first-order chi connectivity index (χ1) is 15.8. The molecule has 2 aromatic heterocycles. The van der Waals surface area contributed by atoms with Gasteiger partial charge in [-0.15, -0.1) is 0 Å². The minimum atomic E-state index is -3.75. The van der Waals surface area contributed by atoms with E-state index in [4.69, 9.17) is 4.74 Å². The van der Waals surface area contributed by atoms with E-state index in [9.17, 15) is 18.0 Å². The number of sulfonamides is 1. The van der Waals surface area contributed by atoms with Crippen LogP contribution >= 0.6 is 0 Å². The van der Waals surface area contributed by atoms with Crippen molar-refractivity contribution >= 4 is 21.7 Å². The first-order valence-corrected chi connectivity index (χ1v) is 12.9. The van der Waals surface area contributed by atoms with Crippen LogP contribution in [-0.2, 0) is 21.4 Å². The van der Waals surface area contributed by atoms with Crippen molar-refractivity contribution in [3.8, 4) is 5.75 Å². The Balaban J connectivity index is 1.71. The van der Waals surface area contributed by atoms with Crippen molar-refractivity contribution in [3.63, 3.8) is 0 Å². The Morgan fingerprint density at radius 3 is 2.61 bits per heavy atom. The Kier molecular flexibility index (Phi) is 8.62. The molecule has 1 aliphatic rings. The third-order valence-electron chi connectivity index (χ3n) is 5.84. The molecule has 1 amide bonds. The molecule has 9 nitrogen and oxygen atoms in total. The van der Waals surface area contributed by atoms with E-state index in [1.54, 1.807) is 32.2 Å². The predicted octanol–water partition coefficient (Wildman–Crippen LogP) is 2.87. The molecular formula is C23H32N4O5S. The normalized spacial score (nSPS) is 14.9. The van der Waals surface area contributed by atoms with Crippen LogP contribution in [0.3, 0.4) is 0 Å². The Hall–Kier alpha value is -2.72. The fraction of sp³-hybridized carbons (Fsp3) is 0.522. The first kappa shape index (κ1) is 24.9. The summed E-state index contributed by atoms with van der Waals surface area (Å²) in [7, 11) is -3.75. The van der Waals surface area contributed by atoms with E-state index < -0.39 is 21.5 Å². The van der Waals surface area contributed by atoms with Crippen molar-refractivity contribution in [2.75, 3.05) is 25.0 Å². The molecule has 0 bridgehead atoms. The van der Waals surface area contributed by atoms with E-state index >= 15 is 0 Å². The van der Waals surface area contributed by atoms with Crippen molar-refractivity contribution in [1.82, 2.24) is 13.9 Å². The van der Waals surface area contributed by atoms with Gasteiger partial charge < -0.3 is 14.6 Å². The van der Waals surface area contributed by atoms with E-state index in [2.05, 4.69) is 10.3 Å². The van der Waals surface area contributed by atoms with Gasteiger partial charge in [0, 0.05) is 31.5 Å². The number of rotatable bonds is 10. The highest BCUT2D eigenvalue weighted by Gasteiger charge is 2.23. The van der Waals surface area contributed by atoms with Crippen LogP contribution in [-0.4, -0.2) is 47.9 Å². The lowest BCUT2D eigenvalue weighted by Gasteiger charge is -2.22. The monoisotopic (exact) mass is 476 g/mol. The summed E-state index contributed by atoms with van der Waals surface area (Å²) in [6.45, 7) is 4.32. The van der Waals surface area contributed by atoms with E-state index in [0.717, 1.165) is 23.5 Å². The van der Waals surface area contributed by atoms with Crippen molar-refractivity contribution in [1.29, 1.82) is 0 Å². The molecule has 0 aliphatic heterocycles. The van der Waals surface area contributed by atoms with Crippen LogP contribution in [0.15, 0.2) is 46.3 Å². The maximum atomic E-state index is 12.8. The average Bonchev–Trinajstić information content (AvgIpc) is 2.81. The van der Waals surface area contributed by atoms with Crippen LogP contribution in [0.1, 0.15) is 46.0 Å². The number of nitrogens with zero attached hydrogens (tertiary/aromatic N) is 3. The van der Waals surface area contributed by atoms with Crippen LogP contribution in [0.2, 0.25) is 0 Å². The molecule has 1 saturated carbocycles. The van der Waals surface area contributed by atoms with Gasteiger partial charge in [0.05, 0.1) is 11.5 Å². The Bertz CT molecular complexity index is 1110. The topological polar surface area (TPSA) is 111 Å². The summed E-state index contributed by atoms with van der Waals surface area (Å²) < 4.78 is 33.8. The summed E-state index contributed by atoms with van der Waals surface area (Å²) in [5.41, 5.74) is -0.474. The van der Waals surface area contributed by atoms with Gasteiger partial charge in [0.1, 0.15) is 6.54 Å². The molecule has 0 saturated heterocycles. The molecule has 0 aromatic carbocycles. The molecule has 0 spiro atoms. The highest BCUT2D eigenvalue weighted by Crippen LogP contribution is 2.27. The maximum absolute atomic E-state index is 12.8. The third kappa shape index (κ3) is 6.42. The van der Waals surface area contributed by atoms with Crippen LogP contribution < -0.4 is 15.6 Å². The van der Waals surface area contributed by atoms with Gasteiger partial charge in [-0.1, -0.05) is 33.1 Å². The quantitative estimate of drug-likeness (QED) is 0.565. The lowest BCUT2D eigenvalue weighted by Crippen LogP contribution is -2.33. The lowest BCUT2D eigenvalue weighted by atomic mass is 9.90. The zero-order chi connectivity index (χ0) is 23.8. The summed E-state index contributed by atoms with van der Waals surface area (Å²) in [4.78, 5) is 29.1. The number of aromatic nitrogens is 2. The van der Waals surface area contributed by atoms with Crippen LogP contribution in [0.25, 0.3) is 0 Å². The molecule has 10 heteroatoms. The van der Waals surface area contributed by atoms with Crippen LogP contribution in [0.5, 0.6) is 5.75 Å². The number of carbonyl (C=O) groups excluding carboxylic acids is 1. The number of hydrogen-bond donors (Lipinski definition) is 1. The Labute approximate surface area is 194 Å². The number of ether oxygens (including phenoxy) is 1. The molecule has 33 heavy (non-hydrogen) atoms. The maximum Gasteiger partial charge on any atom is 0.251 e. The molecule has 0 radical (unpaired) electrons. The number of hydrogen-bond acceptors (Lipinski definition) is 6. The lowest BCUT2D eigenvalue weighted by molar-refractivity contribution is -0.116. The molecule has 0 atom stereocenters. The molecule has 3 rings (SSSR count). The summed E-state index contributed by atoms with van der Waals surface area (Å²) >= 11 is 0. The van der Waals surface area contributed by atoms with Gasteiger partial charge >= 0.3 is 0 Å². The number of pyridine rings is 2. The number of anilines is 1. The smallest absolute Gasteiger partial charge is 0.251 e. The largest absolute Gasteiger partial charge is 0.489 e. The molecular weight excluding hydrogens is 444 g/mol. The van der Waals surface area contributed by atoms with Crippen molar-refractivity contribution in [2.24, 2.45) is 5.92 Å². The molecule has 0 unspecified atom stereocenters. The number of amides is 1. The minimum Gasteiger partial charge on any atom is -0.489 e. The van der Waals surface area contributed by atoms with E-state index in [-0.39, 0.29) is 17.3 Å². The second kappa shape index (κ2) is 11.4. The van der Waals surface area contributed by atoms with Crippen molar-refractivity contribution in [2.45, 2.75) is 57.4 Å². The van der Waals surface area contributed by atoms with Gasteiger partial charge in [0.25, 0.3) is 5.56 Å². The fourth-order valence-corrected chi connectivity index (χ4v) is 5.47. The van der Waals surface area contributed by atoms with Crippen molar-refractivity contribution in [3.05, 3.63) is 47.0 Å². The summed E-state index contributed by atoms with van der Waals surface area (Å²) in [6, 6.07) is 5.90. The van der Waals surface area contributed by atoms with Crippen molar-refractivity contribution < 1.29 is 17.9 Å². The SMILES string of the molecule is CCN(CC)S(=O)(=O)c1ccc(=O)n(CC(=O)Nc2ncccc2OCC2CCCCC2)c1. The standard InChI is InChI=1S/C23H32N4O5S/c1-3-27(4-2)33(30,31)19-12-13-22(29)26(15-19)16-21(28)25-23-20(11-8-14-24-23)32-17-18-9-6-5-7-10-18/h8,11-15,18H,3-7,9-10,16-17H2,1-2H3,(H,24,25,28). The van der Waals surface area contributed by atoms with E-state index in [1.807, 2.05) is 0 Å². The predicted molar refractivity (Wildman–Crippen MR) is 126 cm³/mol. The molecule has 180 valence electrons. The fourth-order valence-electron chi connectivity index (χ4n) is 3.99. The van der Waals surface area contributed by atoms with Crippen LogP contribution in [0.4, 0.5) is 5.82 Å². The third-order valence-corrected chi connectivity index (χ3v) is 7.87. The Morgan fingerprint density at radius 1 is 1.18 bits per heavy atom. The van der Waals surface area contributed by atoms with Gasteiger partial charge in [-0.3, -0.25) is 9.59 Å². The zero-order valence-electron chi connectivity index (χ0n) is 19.2. The van der Waals surface area contributed by atoms with Gasteiger partial charge in [0.2, 0.25) is 15.9 Å². The van der Waals surface area contributed by atoms with E-state index in [0.29, 0.717) is 31.4 Å². The molecule has 1 aliphatic carbocycles. The first-order valence-electron chi connectivity index (χ1n) is 11.4.